The van der Waals surface area contributed by atoms with Crippen molar-refractivity contribution in [2.24, 2.45) is 0 Å². The molecule has 0 atom stereocenters. The van der Waals surface area contributed by atoms with E-state index < -0.39 is 15.8 Å². The van der Waals surface area contributed by atoms with Crippen molar-refractivity contribution in [1.82, 2.24) is 9.29 Å². The van der Waals surface area contributed by atoms with E-state index in [1.807, 2.05) is 36.4 Å². The van der Waals surface area contributed by atoms with Gasteiger partial charge >= 0.3 is 0 Å². The van der Waals surface area contributed by atoms with E-state index in [1.165, 1.54) is 16.4 Å². The summed E-state index contributed by atoms with van der Waals surface area (Å²) < 4.78 is 39.5. The minimum absolute atomic E-state index is 0.0726. The molecule has 7 nitrogen and oxygen atoms in total. The first-order chi connectivity index (χ1) is 16.7. The lowest BCUT2D eigenvalue weighted by atomic mass is 10.1. The zero-order valence-electron chi connectivity index (χ0n) is 19.1. The molecular formula is C25H24Cl2N2O5S. The third-order valence-electron chi connectivity index (χ3n) is 5.73. The van der Waals surface area contributed by atoms with Crippen LogP contribution in [-0.2, 0) is 23.0 Å². The van der Waals surface area contributed by atoms with E-state index in [0.29, 0.717) is 17.9 Å². The lowest BCUT2D eigenvalue weighted by molar-refractivity contribution is 0.354. The highest BCUT2D eigenvalue weighted by molar-refractivity contribution is 7.89. The van der Waals surface area contributed by atoms with Crippen LogP contribution in [0.1, 0.15) is 11.1 Å². The van der Waals surface area contributed by atoms with E-state index in [2.05, 4.69) is 4.98 Å². The van der Waals surface area contributed by atoms with E-state index in [4.69, 9.17) is 32.7 Å². The molecule has 0 fully saturated rings. The summed E-state index contributed by atoms with van der Waals surface area (Å²) in [4.78, 5) is 2.83. The van der Waals surface area contributed by atoms with Gasteiger partial charge in [0.2, 0.25) is 10.0 Å². The number of phenols is 1. The normalized spacial score (nSPS) is 11.8. The predicted octanol–water partition coefficient (Wildman–Crippen LogP) is 5.63. The zero-order valence-corrected chi connectivity index (χ0v) is 21.4. The van der Waals surface area contributed by atoms with Crippen molar-refractivity contribution in [1.29, 1.82) is 0 Å². The van der Waals surface area contributed by atoms with Gasteiger partial charge in [0.05, 0.1) is 19.2 Å². The number of benzene rings is 3. The van der Waals surface area contributed by atoms with E-state index in [0.717, 1.165) is 22.0 Å². The molecule has 0 amide bonds. The Morgan fingerprint density at radius 3 is 2.49 bits per heavy atom. The second-order valence-corrected chi connectivity index (χ2v) is 10.6. The second kappa shape index (κ2) is 10.4. The molecule has 0 aliphatic rings. The number of fused-ring (bicyclic) bond motifs is 1. The van der Waals surface area contributed by atoms with Crippen molar-refractivity contribution >= 4 is 44.1 Å². The second-order valence-electron chi connectivity index (χ2n) is 7.87. The molecule has 0 bridgehead atoms. The highest BCUT2D eigenvalue weighted by Gasteiger charge is 2.30. The molecular weight excluding hydrogens is 511 g/mol. The summed E-state index contributed by atoms with van der Waals surface area (Å²) in [6.45, 7) is 0.199. The molecule has 4 rings (SSSR count). The molecule has 4 aromatic rings. The van der Waals surface area contributed by atoms with Gasteiger partial charge in [-0.2, -0.15) is 4.31 Å². The van der Waals surface area contributed by atoms with Gasteiger partial charge in [0.1, 0.15) is 4.90 Å². The van der Waals surface area contributed by atoms with Crippen molar-refractivity contribution in [3.63, 3.8) is 0 Å². The molecule has 1 aromatic heterocycles. The smallest absolute Gasteiger partial charge is 0.247 e. The topological polar surface area (TPSA) is 91.9 Å². The molecule has 0 spiro atoms. The highest BCUT2D eigenvalue weighted by Crippen LogP contribution is 2.37. The number of halogens is 2. The van der Waals surface area contributed by atoms with Gasteiger partial charge in [-0.05, 0) is 47.9 Å². The first kappa shape index (κ1) is 25.2. The molecule has 10 heteroatoms. The van der Waals surface area contributed by atoms with Crippen molar-refractivity contribution < 1.29 is 23.0 Å². The van der Waals surface area contributed by atoms with Crippen molar-refractivity contribution in [2.45, 2.75) is 17.9 Å². The number of methoxy groups -OCH3 is 2. The van der Waals surface area contributed by atoms with Crippen LogP contribution in [0.25, 0.3) is 10.9 Å². The maximum absolute atomic E-state index is 13.8. The summed E-state index contributed by atoms with van der Waals surface area (Å²) >= 11 is 12.1. The quantitative estimate of drug-likeness (QED) is 0.290. The number of ether oxygens (including phenoxy) is 2. The Labute approximate surface area is 213 Å². The van der Waals surface area contributed by atoms with Crippen LogP contribution < -0.4 is 9.47 Å². The monoisotopic (exact) mass is 534 g/mol. The number of rotatable bonds is 9. The fourth-order valence-corrected chi connectivity index (χ4v) is 6.07. The SMILES string of the molecule is COc1ccc(CCN(Cc2c[nH]c3ccccc23)S(=O)(=O)c2cc(Cl)cc(Cl)c2O)cc1OC. The fraction of sp³-hybridized carbons (Fsp3) is 0.200. The van der Waals surface area contributed by atoms with Gasteiger partial charge in [0.25, 0.3) is 0 Å². The summed E-state index contributed by atoms with van der Waals surface area (Å²) in [5.41, 5.74) is 2.55. The summed E-state index contributed by atoms with van der Waals surface area (Å²) in [6, 6.07) is 15.6. The number of hydrogen-bond donors (Lipinski definition) is 2. The molecule has 0 unspecified atom stereocenters. The number of para-hydroxylation sites is 1. The Hall–Kier alpha value is -2.91. The minimum atomic E-state index is -4.18. The Balaban J connectivity index is 1.72. The molecule has 35 heavy (non-hydrogen) atoms. The standard InChI is InChI=1S/C25H24Cl2N2O5S/c1-33-22-8-7-16(11-23(22)34-2)9-10-29(15-17-14-28-21-6-4-3-5-19(17)21)35(31,32)24-13-18(26)12-20(27)25(24)30/h3-8,11-14,28,30H,9-10,15H2,1-2H3. The van der Waals surface area contributed by atoms with Gasteiger partial charge in [-0.15, -0.1) is 0 Å². The van der Waals surface area contributed by atoms with E-state index in [1.54, 1.807) is 26.5 Å². The summed E-state index contributed by atoms with van der Waals surface area (Å²) in [5, 5.41) is 11.4. The minimum Gasteiger partial charge on any atom is -0.505 e. The van der Waals surface area contributed by atoms with Crippen LogP contribution in [0.5, 0.6) is 17.2 Å². The van der Waals surface area contributed by atoms with Crippen molar-refractivity contribution in [2.75, 3.05) is 20.8 Å². The molecule has 0 saturated heterocycles. The molecule has 3 aromatic carbocycles. The van der Waals surface area contributed by atoms with Gasteiger partial charge in [-0.3, -0.25) is 0 Å². The van der Waals surface area contributed by atoms with Crippen LogP contribution in [0.15, 0.2) is 65.7 Å². The van der Waals surface area contributed by atoms with E-state index in [-0.39, 0.29) is 28.0 Å². The number of aromatic nitrogens is 1. The van der Waals surface area contributed by atoms with Crippen LogP contribution in [0.2, 0.25) is 10.0 Å². The Bertz CT molecular complexity index is 1470. The molecule has 1 heterocycles. The molecule has 0 radical (unpaired) electrons. The number of phenolic OH excluding ortho intramolecular Hbond substituents is 1. The average molecular weight is 535 g/mol. The van der Waals surface area contributed by atoms with Gasteiger partial charge in [-0.1, -0.05) is 47.5 Å². The van der Waals surface area contributed by atoms with Crippen LogP contribution in [-0.4, -0.2) is 43.6 Å². The lowest BCUT2D eigenvalue weighted by Gasteiger charge is -2.23. The number of nitrogens with one attached hydrogen (secondary N) is 1. The number of H-pyrrole nitrogens is 1. The fourth-order valence-electron chi connectivity index (χ4n) is 3.90. The molecule has 0 aliphatic heterocycles. The Morgan fingerprint density at radius 1 is 1.00 bits per heavy atom. The zero-order chi connectivity index (χ0) is 25.2. The first-order valence-corrected chi connectivity index (χ1v) is 12.9. The summed E-state index contributed by atoms with van der Waals surface area (Å²) in [5.74, 6) is 0.597. The summed E-state index contributed by atoms with van der Waals surface area (Å²) in [6.07, 6.45) is 2.17. The van der Waals surface area contributed by atoms with Gasteiger partial charge < -0.3 is 19.6 Å². The number of aromatic amines is 1. The van der Waals surface area contributed by atoms with Crippen molar-refractivity contribution in [3.05, 3.63) is 82.0 Å². The Kier molecular flexibility index (Phi) is 7.47. The van der Waals surface area contributed by atoms with Crippen LogP contribution in [0.3, 0.4) is 0 Å². The molecule has 0 aliphatic carbocycles. The van der Waals surface area contributed by atoms with Crippen LogP contribution in [0.4, 0.5) is 0 Å². The molecule has 184 valence electrons. The lowest BCUT2D eigenvalue weighted by Crippen LogP contribution is -2.32. The average Bonchev–Trinajstić information content (AvgIpc) is 3.26. The predicted molar refractivity (Wildman–Crippen MR) is 137 cm³/mol. The highest BCUT2D eigenvalue weighted by atomic mass is 35.5. The maximum Gasteiger partial charge on any atom is 0.247 e. The van der Waals surface area contributed by atoms with Crippen LogP contribution in [0, 0.1) is 0 Å². The Morgan fingerprint density at radius 2 is 1.74 bits per heavy atom. The number of sulfonamides is 1. The maximum atomic E-state index is 13.8. The number of nitrogens with zero attached hydrogens (tertiary/aromatic N) is 1. The van der Waals surface area contributed by atoms with Crippen LogP contribution >= 0.6 is 23.2 Å². The summed E-state index contributed by atoms with van der Waals surface area (Å²) in [7, 11) is -1.08. The molecule has 2 N–H and O–H groups in total. The first-order valence-electron chi connectivity index (χ1n) is 10.7. The molecule has 0 saturated carbocycles. The van der Waals surface area contributed by atoms with E-state index in [9.17, 15) is 13.5 Å². The number of hydrogen-bond acceptors (Lipinski definition) is 5. The van der Waals surface area contributed by atoms with Gasteiger partial charge in [0, 0.05) is 35.2 Å². The van der Waals surface area contributed by atoms with Gasteiger partial charge in [-0.25, -0.2) is 8.42 Å². The van der Waals surface area contributed by atoms with Crippen molar-refractivity contribution in [3.8, 4) is 17.2 Å². The largest absolute Gasteiger partial charge is 0.505 e. The van der Waals surface area contributed by atoms with Gasteiger partial charge in [0.15, 0.2) is 17.2 Å². The number of aromatic hydroxyl groups is 1. The third-order valence-corrected chi connectivity index (χ3v) is 8.10. The van der Waals surface area contributed by atoms with E-state index >= 15 is 0 Å². The third kappa shape index (κ3) is 5.21.